The lowest BCUT2D eigenvalue weighted by molar-refractivity contribution is -0.0979. The summed E-state index contributed by atoms with van der Waals surface area (Å²) in [5.74, 6) is 1.59. The van der Waals surface area contributed by atoms with Gasteiger partial charge in [-0.1, -0.05) is 19.1 Å². The van der Waals surface area contributed by atoms with Crippen molar-refractivity contribution in [3.05, 3.63) is 64.1 Å². The number of aromatic nitrogens is 3. The molecule has 9 nitrogen and oxygen atoms in total. The molecule has 2 N–H and O–H groups in total. The Labute approximate surface area is 183 Å². The quantitative estimate of drug-likeness (QED) is 0.634. The van der Waals surface area contributed by atoms with Crippen LogP contribution >= 0.6 is 0 Å². The van der Waals surface area contributed by atoms with Gasteiger partial charge in [0.2, 0.25) is 0 Å². The lowest BCUT2D eigenvalue weighted by Gasteiger charge is -2.23. The third-order valence-electron chi connectivity index (χ3n) is 5.74. The lowest BCUT2D eigenvalue weighted by Crippen LogP contribution is -2.34. The molecule has 1 aliphatic heterocycles. The van der Waals surface area contributed by atoms with Crippen LogP contribution in [0.3, 0.4) is 0 Å². The molecule has 0 bridgehead atoms. The van der Waals surface area contributed by atoms with Gasteiger partial charge in [0, 0.05) is 30.4 Å². The van der Waals surface area contributed by atoms with Gasteiger partial charge in [0.1, 0.15) is 23.9 Å². The monoisotopic (exact) mass is 445 g/mol. The number of carbonyl (C=O) groups excluding carboxylic acids is 1. The van der Waals surface area contributed by atoms with E-state index in [2.05, 4.69) is 11.9 Å². The minimum Gasteiger partial charge on any atom is -0.497 e. The zero-order valence-corrected chi connectivity index (χ0v) is 18.7. The first-order valence-corrected chi connectivity index (χ1v) is 10.9. The highest BCUT2D eigenvalue weighted by molar-refractivity contribution is 7.80. The molecule has 2 aromatic heterocycles. The van der Waals surface area contributed by atoms with Crippen molar-refractivity contribution in [2.24, 2.45) is 5.14 Å². The molecule has 3 heterocycles. The van der Waals surface area contributed by atoms with Gasteiger partial charge in [-0.15, -0.1) is 0 Å². The lowest BCUT2D eigenvalue weighted by atomic mass is 9.89. The normalized spacial score (nSPS) is 19.7. The van der Waals surface area contributed by atoms with E-state index in [0.29, 0.717) is 25.2 Å². The molecule has 2 atom stereocenters. The van der Waals surface area contributed by atoms with E-state index in [1.54, 1.807) is 22.2 Å². The molecule has 10 heteroatoms. The van der Waals surface area contributed by atoms with E-state index in [-0.39, 0.29) is 11.0 Å². The van der Waals surface area contributed by atoms with Gasteiger partial charge in [-0.25, -0.2) is 18.6 Å². The smallest absolute Gasteiger partial charge is 0.276 e. The first-order chi connectivity index (χ1) is 14.8. The highest BCUT2D eigenvalue weighted by atomic mass is 32.2. The molecule has 2 unspecified atom stereocenters. The number of rotatable bonds is 5. The third-order valence-corrected chi connectivity index (χ3v) is 6.56. The number of carbonyl (C=O) groups is 1. The van der Waals surface area contributed by atoms with Crippen molar-refractivity contribution in [2.75, 3.05) is 20.2 Å². The molecule has 166 valence electrons. The summed E-state index contributed by atoms with van der Waals surface area (Å²) in [7, 11) is 1.63. The summed E-state index contributed by atoms with van der Waals surface area (Å²) in [6.45, 7) is 7.66. The van der Waals surface area contributed by atoms with Crippen molar-refractivity contribution in [2.45, 2.75) is 32.2 Å². The number of hydrogen-bond acceptors (Lipinski definition) is 5. The average molecular weight is 446 g/mol. The van der Waals surface area contributed by atoms with Gasteiger partial charge >= 0.3 is 0 Å². The molecule has 0 radical (unpaired) electrons. The molecular formula is C21H27N5O4S. The fraction of sp³-hybridized carbons (Fsp3) is 0.381. The van der Waals surface area contributed by atoms with Gasteiger partial charge in [-0.05, 0) is 31.0 Å². The van der Waals surface area contributed by atoms with Gasteiger partial charge < -0.3 is 14.1 Å². The van der Waals surface area contributed by atoms with Crippen molar-refractivity contribution in [3.63, 3.8) is 0 Å². The Morgan fingerprint density at radius 3 is 2.55 bits per heavy atom. The van der Waals surface area contributed by atoms with Crippen LogP contribution in [0.2, 0.25) is 0 Å². The van der Waals surface area contributed by atoms with Crippen molar-refractivity contribution >= 4 is 23.5 Å². The summed E-state index contributed by atoms with van der Waals surface area (Å²) in [6, 6.07) is 7.69. The zero-order valence-electron chi connectivity index (χ0n) is 17.9. The van der Waals surface area contributed by atoms with Gasteiger partial charge in [0.15, 0.2) is 11.2 Å². The highest BCUT2D eigenvalue weighted by Crippen LogP contribution is 2.33. The first kappa shape index (κ1) is 22.9. The van der Waals surface area contributed by atoms with Crippen molar-refractivity contribution < 1.29 is 13.7 Å². The summed E-state index contributed by atoms with van der Waals surface area (Å²) in [6.07, 6.45) is 4.37. The van der Waals surface area contributed by atoms with Crippen LogP contribution < -0.4 is 15.4 Å². The van der Waals surface area contributed by atoms with Crippen LogP contribution in [-0.4, -0.2) is 49.5 Å². The van der Waals surface area contributed by atoms with E-state index in [1.807, 2.05) is 48.6 Å². The number of hydrogen-bond donors (Lipinski definition) is 1. The molecule has 4 rings (SSSR count). The number of imidazole rings is 1. The second-order valence-electron chi connectivity index (χ2n) is 7.80. The Hall–Kier alpha value is -2.82. The van der Waals surface area contributed by atoms with Gasteiger partial charge in [0.25, 0.3) is 5.56 Å². The average Bonchev–Trinajstić information content (AvgIpc) is 3.38. The molecule has 0 amide bonds. The molecule has 1 aliphatic rings. The standard InChI is InChI=1S/C20H25N5O3S.CH2O/c1-14-11-25-17(10-22-19(25)20(2)8-9-23(13-20)29(21)27)18(26)24(14)12-15-4-6-16(28-3)7-5-15;1-2/h4-7,10-11H,8-9,12-13,21H2,1-3H3;1H2. The number of aryl methyl sites for hydroxylation is 1. The molecular weight excluding hydrogens is 418 g/mol. The number of nitrogens with zero attached hydrogens (tertiary/aromatic N) is 4. The number of methoxy groups -OCH3 is 1. The summed E-state index contributed by atoms with van der Waals surface area (Å²) < 4.78 is 22.2. The predicted molar refractivity (Wildman–Crippen MR) is 119 cm³/mol. The predicted octanol–water partition coefficient (Wildman–Crippen LogP) is 1.18. The molecule has 0 aliphatic carbocycles. The van der Waals surface area contributed by atoms with Crippen LogP contribution in [0.15, 0.2) is 41.5 Å². The second kappa shape index (κ2) is 9.13. The Morgan fingerprint density at radius 1 is 1.29 bits per heavy atom. The van der Waals surface area contributed by atoms with E-state index in [1.165, 1.54) is 0 Å². The summed E-state index contributed by atoms with van der Waals surface area (Å²) in [5.41, 5.74) is 2.00. The maximum absolute atomic E-state index is 13.2. The summed E-state index contributed by atoms with van der Waals surface area (Å²) in [4.78, 5) is 25.8. The first-order valence-electron chi connectivity index (χ1n) is 9.73. The Balaban J connectivity index is 0.00000132. The third kappa shape index (κ3) is 4.32. The van der Waals surface area contributed by atoms with Crippen molar-refractivity contribution in [3.8, 4) is 5.75 Å². The van der Waals surface area contributed by atoms with E-state index in [4.69, 9.17) is 14.7 Å². The largest absolute Gasteiger partial charge is 0.497 e. The summed E-state index contributed by atoms with van der Waals surface area (Å²) >= 11 is -1.50. The Morgan fingerprint density at radius 2 is 1.97 bits per heavy atom. The van der Waals surface area contributed by atoms with Crippen LogP contribution in [-0.2, 0) is 27.9 Å². The second-order valence-corrected chi connectivity index (χ2v) is 8.87. The zero-order chi connectivity index (χ0) is 22.8. The minimum atomic E-state index is -1.50. The van der Waals surface area contributed by atoms with Gasteiger partial charge in [-0.3, -0.25) is 9.20 Å². The molecule has 1 aromatic carbocycles. The molecule has 3 aromatic rings. The Bertz CT molecular complexity index is 1160. The summed E-state index contributed by atoms with van der Waals surface area (Å²) in [5, 5.41) is 5.55. The fourth-order valence-electron chi connectivity index (χ4n) is 4.02. The van der Waals surface area contributed by atoms with Crippen LogP contribution in [0.25, 0.3) is 5.52 Å². The number of benzene rings is 1. The SMILES string of the molecule is C=O.COc1ccc(Cn2c(C)cn3c(C4(C)CCN(S(N)=O)C4)ncc3c2=O)cc1. The fourth-order valence-corrected chi connectivity index (χ4v) is 4.70. The molecule has 1 fully saturated rings. The minimum absolute atomic E-state index is 0.0829. The highest BCUT2D eigenvalue weighted by Gasteiger charge is 2.40. The van der Waals surface area contributed by atoms with Gasteiger partial charge in [0.05, 0.1) is 19.9 Å². The van der Waals surface area contributed by atoms with E-state index in [9.17, 15) is 9.00 Å². The van der Waals surface area contributed by atoms with Gasteiger partial charge in [-0.2, -0.15) is 0 Å². The topological polar surface area (TPSA) is 112 Å². The molecule has 0 saturated carbocycles. The van der Waals surface area contributed by atoms with Crippen LogP contribution in [0.4, 0.5) is 0 Å². The molecule has 1 saturated heterocycles. The van der Waals surface area contributed by atoms with Crippen LogP contribution in [0, 0.1) is 6.92 Å². The number of nitrogens with two attached hydrogens (primary N) is 1. The Kier molecular flexibility index (Phi) is 6.73. The van der Waals surface area contributed by atoms with Crippen LogP contribution in [0.5, 0.6) is 5.75 Å². The number of ether oxygens (including phenoxy) is 1. The maximum atomic E-state index is 13.2. The van der Waals surface area contributed by atoms with E-state index >= 15 is 0 Å². The van der Waals surface area contributed by atoms with E-state index < -0.39 is 11.2 Å². The van der Waals surface area contributed by atoms with Crippen molar-refractivity contribution in [1.29, 1.82) is 0 Å². The number of fused-ring (bicyclic) bond motifs is 1. The van der Waals surface area contributed by atoms with E-state index in [0.717, 1.165) is 29.3 Å². The maximum Gasteiger partial charge on any atom is 0.276 e. The van der Waals surface area contributed by atoms with Crippen LogP contribution in [0.1, 0.15) is 30.4 Å². The van der Waals surface area contributed by atoms with Crippen molar-refractivity contribution in [1.82, 2.24) is 18.3 Å². The molecule has 0 spiro atoms. The molecule has 31 heavy (non-hydrogen) atoms.